The normalized spacial score (nSPS) is 19.9. The number of ether oxygens (including phenoxy) is 1. The highest BCUT2D eigenvalue weighted by molar-refractivity contribution is 5.05. The predicted molar refractivity (Wildman–Crippen MR) is 62.3 cm³/mol. The quantitative estimate of drug-likeness (QED) is 0.779. The highest BCUT2D eigenvalue weighted by Gasteiger charge is 2.29. The van der Waals surface area contributed by atoms with Gasteiger partial charge in [-0.1, -0.05) is 13.8 Å². The van der Waals surface area contributed by atoms with E-state index >= 15 is 0 Å². The van der Waals surface area contributed by atoms with Gasteiger partial charge >= 0.3 is 6.01 Å². The number of methoxy groups -OCH3 is 1. The maximum atomic E-state index is 5.02. The molecule has 0 unspecified atom stereocenters. The molecule has 0 aliphatic carbocycles. The first-order chi connectivity index (χ1) is 7.59. The Morgan fingerprint density at radius 3 is 2.94 bits per heavy atom. The number of likely N-dealkylation sites (tertiary alicyclic amines) is 1. The van der Waals surface area contributed by atoms with Crippen LogP contribution in [0, 0.1) is 5.41 Å². The summed E-state index contributed by atoms with van der Waals surface area (Å²) in [4.78, 5) is 10.8. The molecule has 0 atom stereocenters. The van der Waals surface area contributed by atoms with Crippen molar-refractivity contribution in [2.75, 3.05) is 20.2 Å². The minimum Gasteiger partial charge on any atom is -0.467 e. The van der Waals surface area contributed by atoms with Gasteiger partial charge in [0.15, 0.2) is 0 Å². The predicted octanol–water partition coefficient (Wildman–Crippen LogP) is 1.72. The Morgan fingerprint density at radius 1 is 1.50 bits per heavy atom. The molecule has 2 heterocycles. The molecule has 0 radical (unpaired) electrons. The summed E-state index contributed by atoms with van der Waals surface area (Å²) in [6.07, 6.45) is 3.01. The van der Waals surface area contributed by atoms with Crippen LogP contribution in [0.15, 0.2) is 12.3 Å². The topological polar surface area (TPSA) is 38.2 Å². The fourth-order valence-electron chi connectivity index (χ4n) is 2.15. The molecule has 0 saturated carbocycles. The van der Waals surface area contributed by atoms with Gasteiger partial charge in [0.25, 0.3) is 0 Å². The van der Waals surface area contributed by atoms with Gasteiger partial charge in [-0.2, -0.15) is 4.98 Å². The van der Waals surface area contributed by atoms with Gasteiger partial charge in [-0.15, -0.1) is 0 Å². The molecular formula is C12H19N3O. The molecule has 1 aromatic rings. The van der Waals surface area contributed by atoms with E-state index in [0.29, 0.717) is 11.4 Å². The van der Waals surface area contributed by atoms with Crippen LogP contribution in [0.4, 0.5) is 0 Å². The minimum absolute atomic E-state index is 0.442. The Balaban J connectivity index is 1.99. The van der Waals surface area contributed by atoms with Crippen molar-refractivity contribution >= 4 is 0 Å². The number of aromatic nitrogens is 2. The van der Waals surface area contributed by atoms with Crippen LogP contribution in [-0.4, -0.2) is 35.1 Å². The minimum atomic E-state index is 0.442. The molecule has 1 aliphatic heterocycles. The molecule has 0 N–H and O–H groups in total. The Bertz CT molecular complexity index is 365. The summed E-state index contributed by atoms with van der Waals surface area (Å²) in [5, 5.41) is 0. The SMILES string of the molecule is COc1nccc(CN2CCC(C)(C)C2)n1. The molecule has 0 aromatic carbocycles. The molecule has 4 heteroatoms. The van der Waals surface area contributed by atoms with Crippen molar-refractivity contribution in [3.63, 3.8) is 0 Å². The van der Waals surface area contributed by atoms with Gasteiger partial charge in [-0.25, -0.2) is 4.98 Å². The van der Waals surface area contributed by atoms with Gasteiger partial charge in [0, 0.05) is 19.3 Å². The molecule has 0 amide bonds. The highest BCUT2D eigenvalue weighted by atomic mass is 16.5. The Labute approximate surface area is 96.7 Å². The average Bonchev–Trinajstić information content (AvgIpc) is 2.58. The van der Waals surface area contributed by atoms with Crippen LogP contribution in [0.5, 0.6) is 6.01 Å². The number of hydrogen-bond acceptors (Lipinski definition) is 4. The molecule has 1 fully saturated rings. The van der Waals surface area contributed by atoms with Crippen molar-refractivity contribution in [3.8, 4) is 6.01 Å². The maximum Gasteiger partial charge on any atom is 0.316 e. The highest BCUT2D eigenvalue weighted by Crippen LogP contribution is 2.29. The maximum absolute atomic E-state index is 5.02. The lowest BCUT2D eigenvalue weighted by Crippen LogP contribution is -2.23. The lowest BCUT2D eigenvalue weighted by Gasteiger charge is -2.19. The van der Waals surface area contributed by atoms with Crippen molar-refractivity contribution in [3.05, 3.63) is 18.0 Å². The van der Waals surface area contributed by atoms with Crippen molar-refractivity contribution in [1.82, 2.24) is 14.9 Å². The largest absolute Gasteiger partial charge is 0.467 e. The van der Waals surface area contributed by atoms with Crippen LogP contribution in [0.1, 0.15) is 26.0 Å². The molecule has 0 bridgehead atoms. The summed E-state index contributed by atoms with van der Waals surface area (Å²) >= 11 is 0. The van der Waals surface area contributed by atoms with Gasteiger partial charge in [-0.05, 0) is 24.4 Å². The lowest BCUT2D eigenvalue weighted by atomic mass is 9.93. The second-order valence-electron chi connectivity index (χ2n) is 5.16. The van der Waals surface area contributed by atoms with Crippen LogP contribution in [0.2, 0.25) is 0 Å². The summed E-state index contributed by atoms with van der Waals surface area (Å²) in [7, 11) is 1.60. The van der Waals surface area contributed by atoms with Crippen molar-refractivity contribution in [2.24, 2.45) is 5.41 Å². The number of rotatable bonds is 3. The summed E-state index contributed by atoms with van der Waals surface area (Å²) in [5.41, 5.74) is 1.47. The summed E-state index contributed by atoms with van der Waals surface area (Å²) < 4.78 is 5.02. The van der Waals surface area contributed by atoms with E-state index in [1.54, 1.807) is 13.3 Å². The zero-order chi connectivity index (χ0) is 11.6. The van der Waals surface area contributed by atoms with Crippen LogP contribution in [0.25, 0.3) is 0 Å². The van der Waals surface area contributed by atoms with Crippen molar-refractivity contribution < 1.29 is 4.74 Å². The Hall–Kier alpha value is -1.16. The molecule has 2 rings (SSSR count). The van der Waals surface area contributed by atoms with E-state index in [0.717, 1.165) is 25.3 Å². The second kappa shape index (κ2) is 4.37. The van der Waals surface area contributed by atoms with E-state index in [9.17, 15) is 0 Å². The number of hydrogen-bond donors (Lipinski definition) is 0. The van der Waals surface area contributed by atoms with Crippen LogP contribution in [-0.2, 0) is 6.54 Å². The first-order valence-electron chi connectivity index (χ1n) is 5.67. The first-order valence-corrected chi connectivity index (χ1v) is 5.67. The summed E-state index contributed by atoms with van der Waals surface area (Å²) in [6, 6.07) is 2.41. The smallest absolute Gasteiger partial charge is 0.316 e. The fraction of sp³-hybridized carbons (Fsp3) is 0.667. The average molecular weight is 221 g/mol. The van der Waals surface area contributed by atoms with E-state index < -0.39 is 0 Å². The van der Waals surface area contributed by atoms with Gasteiger partial charge in [0.2, 0.25) is 0 Å². The Morgan fingerprint density at radius 2 is 2.31 bits per heavy atom. The monoisotopic (exact) mass is 221 g/mol. The standard InChI is InChI=1S/C12H19N3O/c1-12(2)5-7-15(9-12)8-10-4-6-13-11(14-10)16-3/h4,6H,5,7-9H2,1-3H3. The molecule has 16 heavy (non-hydrogen) atoms. The second-order valence-corrected chi connectivity index (χ2v) is 5.16. The Kier molecular flexibility index (Phi) is 3.10. The zero-order valence-corrected chi connectivity index (χ0v) is 10.2. The van der Waals surface area contributed by atoms with E-state index in [2.05, 4.69) is 28.7 Å². The third kappa shape index (κ3) is 2.70. The van der Waals surface area contributed by atoms with Crippen LogP contribution >= 0.6 is 0 Å². The van der Waals surface area contributed by atoms with Gasteiger partial charge in [0.1, 0.15) is 0 Å². The molecular weight excluding hydrogens is 202 g/mol. The van der Waals surface area contributed by atoms with E-state index in [4.69, 9.17) is 4.74 Å². The van der Waals surface area contributed by atoms with E-state index in [1.165, 1.54) is 6.42 Å². The molecule has 88 valence electrons. The van der Waals surface area contributed by atoms with E-state index in [1.807, 2.05) is 6.07 Å². The fourth-order valence-corrected chi connectivity index (χ4v) is 2.15. The third-order valence-corrected chi connectivity index (χ3v) is 3.02. The number of nitrogens with zero attached hydrogens (tertiary/aromatic N) is 3. The van der Waals surface area contributed by atoms with Crippen molar-refractivity contribution in [1.29, 1.82) is 0 Å². The van der Waals surface area contributed by atoms with E-state index in [-0.39, 0.29) is 0 Å². The molecule has 0 spiro atoms. The summed E-state index contributed by atoms with van der Waals surface area (Å²) in [5.74, 6) is 0. The van der Waals surface area contributed by atoms with Gasteiger partial charge in [-0.3, -0.25) is 4.90 Å². The molecule has 1 saturated heterocycles. The first kappa shape index (κ1) is 11.3. The van der Waals surface area contributed by atoms with Crippen molar-refractivity contribution in [2.45, 2.75) is 26.8 Å². The molecule has 1 aliphatic rings. The van der Waals surface area contributed by atoms with Crippen LogP contribution in [0.3, 0.4) is 0 Å². The van der Waals surface area contributed by atoms with Gasteiger partial charge < -0.3 is 4.74 Å². The molecule has 4 nitrogen and oxygen atoms in total. The third-order valence-electron chi connectivity index (χ3n) is 3.02. The zero-order valence-electron chi connectivity index (χ0n) is 10.2. The lowest BCUT2D eigenvalue weighted by molar-refractivity contribution is 0.279. The van der Waals surface area contributed by atoms with Crippen LogP contribution < -0.4 is 4.74 Å². The molecule has 1 aromatic heterocycles. The van der Waals surface area contributed by atoms with Gasteiger partial charge in [0.05, 0.1) is 12.8 Å². The summed E-state index contributed by atoms with van der Waals surface area (Å²) in [6.45, 7) is 7.81.